The normalized spacial score (nSPS) is 21.5. The van der Waals surface area contributed by atoms with Crippen molar-refractivity contribution in [2.24, 2.45) is 0 Å². The summed E-state index contributed by atoms with van der Waals surface area (Å²) in [5, 5.41) is 4.13. The minimum atomic E-state index is -0.158. The summed E-state index contributed by atoms with van der Waals surface area (Å²) in [4.78, 5) is 13.4. The van der Waals surface area contributed by atoms with Gasteiger partial charge >= 0.3 is 0 Å². The third-order valence-corrected chi connectivity index (χ3v) is 5.97. The number of rotatable bonds is 9. The molecule has 0 aromatic heterocycles. The van der Waals surface area contributed by atoms with Crippen molar-refractivity contribution in [1.82, 2.24) is 10.0 Å². The molecule has 0 bridgehead atoms. The van der Waals surface area contributed by atoms with Gasteiger partial charge in [0.1, 0.15) is 0 Å². The van der Waals surface area contributed by atoms with E-state index in [1.54, 1.807) is 34.5 Å². The van der Waals surface area contributed by atoms with E-state index >= 15 is 0 Å². The number of hydrogen-bond donors (Lipinski definition) is 0. The summed E-state index contributed by atoms with van der Waals surface area (Å²) in [6.07, 6.45) is 8.43. The van der Waals surface area contributed by atoms with Crippen LogP contribution in [0.3, 0.4) is 0 Å². The Hall–Kier alpha value is -2.25. The molecule has 3 rings (SSSR count). The van der Waals surface area contributed by atoms with Crippen LogP contribution in [0, 0.1) is 0 Å². The minimum absolute atomic E-state index is 0.0182. The van der Waals surface area contributed by atoms with Gasteiger partial charge in [-0.15, -0.1) is 0 Å². The molecule has 7 nitrogen and oxygen atoms in total. The number of benzene rings is 1. The first kappa shape index (κ1) is 22.4. The van der Waals surface area contributed by atoms with Gasteiger partial charge in [-0.1, -0.05) is 19.8 Å². The molecule has 0 N–H and O–H groups in total. The summed E-state index contributed by atoms with van der Waals surface area (Å²) in [6, 6.07) is 1.96. The number of carbonyl (C=O) groups is 1. The van der Waals surface area contributed by atoms with Crippen LogP contribution in [0.5, 0.6) is 17.2 Å². The topological polar surface area (TPSA) is 60.5 Å². The molecule has 2 atom stereocenters. The first-order valence-corrected chi connectivity index (χ1v) is 10.7. The number of ether oxygens (including phenoxy) is 4. The predicted octanol–water partition coefficient (Wildman–Crippen LogP) is 3.82. The molecule has 2 aliphatic rings. The Morgan fingerprint density at radius 1 is 1.07 bits per heavy atom. The van der Waals surface area contributed by atoms with E-state index in [1.165, 1.54) is 0 Å². The highest BCUT2D eigenvalue weighted by Gasteiger charge is 2.40. The van der Waals surface area contributed by atoms with E-state index in [0.717, 1.165) is 49.8 Å². The lowest BCUT2D eigenvalue weighted by Crippen LogP contribution is -2.51. The zero-order chi connectivity index (χ0) is 21.7. The van der Waals surface area contributed by atoms with Crippen LogP contribution in [0.15, 0.2) is 12.1 Å². The van der Waals surface area contributed by atoms with Gasteiger partial charge in [-0.2, -0.15) is 0 Å². The van der Waals surface area contributed by atoms with Crippen LogP contribution in [-0.2, 0) is 9.53 Å². The summed E-state index contributed by atoms with van der Waals surface area (Å²) in [7, 11) is 6.57. The Bertz CT molecular complexity index is 779. The largest absolute Gasteiger partial charge is 0.493 e. The molecule has 0 spiro atoms. The number of fused-ring (bicyclic) bond motifs is 1. The average molecular weight is 419 g/mol. The number of nitrogens with zero attached hydrogens (tertiary/aromatic N) is 2. The molecule has 2 aliphatic heterocycles. The van der Waals surface area contributed by atoms with Crippen molar-refractivity contribution in [3.05, 3.63) is 23.3 Å². The molecule has 7 heteroatoms. The van der Waals surface area contributed by atoms with Gasteiger partial charge in [0.2, 0.25) is 5.75 Å². The molecule has 166 valence electrons. The second-order valence-corrected chi connectivity index (χ2v) is 7.74. The number of hydrazine groups is 1. The van der Waals surface area contributed by atoms with Crippen molar-refractivity contribution in [2.45, 2.75) is 51.1 Å². The molecule has 0 radical (unpaired) electrons. The van der Waals surface area contributed by atoms with E-state index in [9.17, 15) is 4.79 Å². The van der Waals surface area contributed by atoms with Crippen LogP contribution in [0.1, 0.15) is 56.2 Å². The maximum Gasteiger partial charge on any atom is 0.261 e. The number of unbranched alkanes of at least 4 members (excludes halogenated alkanes) is 1. The van der Waals surface area contributed by atoms with Gasteiger partial charge in [-0.3, -0.25) is 9.80 Å². The first-order valence-electron chi connectivity index (χ1n) is 10.7. The van der Waals surface area contributed by atoms with Crippen molar-refractivity contribution in [2.75, 3.05) is 41.6 Å². The van der Waals surface area contributed by atoms with E-state index < -0.39 is 0 Å². The van der Waals surface area contributed by atoms with Gasteiger partial charge in [0, 0.05) is 25.3 Å². The minimum Gasteiger partial charge on any atom is -0.493 e. The lowest BCUT2D eigenvalue weighted by Gasteiger charge is -2.41. The van der Waals surface area contributed by atoms with Gasteiger partial charge in [-0.25, -0.2) is 5.01 Å². The van der Waals surface area contributed by atoms with E-state index in [1.807, 2.05) is 17.2 Å². The van der Waals surface area contributed by atoms with Crippen molar-refractivity contribution in [3.8, 4) is 17.2 Å². The third kappa shape index (κ3) is 4.14. The summed E-state index contributed by atoms with van der Waals surface area (Å²) in [6.45, 7) is 3.60. The molecular formula is C23H34N2O5. The van der Waals surface area contributed by atoms with Crippen LogP contribution in [0.25, 0.3) is 6.08 Å². The molecule has 1 aromatic rings. The Kier molecular flexibility index (Phi) is 7.61. The van der Waals surface area contributed by atoms with E-state index in [4.69, 9.17) is 18.9 Å². The summed E-state index contributed by atoms with van der Waals surface area (Å²) >= 11 is 0. The fourth-order valence-electron chi connectivity index (χ4n) is 4.63. The van der Waals surface area contributed by atoms with E-state index in [0.29, 0.717) is 23.9 Å². The molecule has 0 aliphatic carbocycles. The van der Waals surface area contributed by atoms with E-state index in [-0.39, 0.29) is 18.0 Å². The predicted molar refractivity (Wildman–Crippen MR) is 116 cm³/mol. The number of amides is 1. The maximum absolute atomic E-state index is 13.4. The number of hydrogen-bond acceptors (Lipinski definition) is 6. The number of carbonyl (C=O) groups excluding carboxylic acids is 1. The lowest BCUT2D eigenvalue weighted by atomic mass is 9.94. The second kappa shape index (κ2) is 10.2. The average Bonchev–Trinajstić information content (AvgIpc) is 3.16. The maximum atomic E-state index is 13.4. The van der Waals surface area contributed by atoms with Crippen molar-refractivity contribution in [3.63, 3.8) is 0 Å². The smallest absolute Gasteiger partial charge is 0.261 e. The van der Waals surface area contributed by atoms with E-state index in [2.05, 4.69) is 11.9 Å². The molecule has 1 aromatic carbocycles. The SMILES string of the molecule is CCCC[C@@H]1c2c(cc(OC)c(OC)c2OC)C=CC(=O)N1N1CCC[C@H]1COC. The highest BCUT2D eigenvalue weighted by molar-refractivity contribution is 5.94. The fraction of sp³-hybridized carbons (Fsp3) is 0.609. The quantitative estimate of drug-likeness (QED) is 0.608. The molecule has 30 heavy (non-hydrogen) atoms. The fourth-order valence-corrected chi connectivity index (χ4v) is 4.63. The van der Waals surface area contributed by atoms with Crippen molar-refractivity contribution in [1.29, 1.82) is 0 Å². The van der Waals surface area contributed by atoms with Gasteiger partial charge in [-0.05, 0) is 37.0 Å². The van der Waals surface area contributed by atoms with Gasteiger partial charge < -0.3 is 18.9 Å². The van der Waals surface area contributed by atoms with Gasteiger partial charge in [0.15, 0.2) is 11.5 Å². The highest BCUT2D eigenvalue weighted by atomic mass is 16.5. The second-order valence-electron chi connectivity index (χ2n) is 7.74. The Labute approximate surface area is 179 Å². The standard InChI is InChI=1S/C23H34N2O5/c1-6-7-10-18-21-16(14-19(28-3)22(29-4)23(21)30-5)11-12-20(26)25(18)24-13-8-9-17(24)15-27-2/h11-12,14,17-18H,6-10,13,15H2,1-5H3/t17-,18+/m0/s1. The van der Waals surface area contributed by atoms with Crippen LogP contribution < -0.4 is 14.2 Å². The monoisotopic (exact) mass is 418 g/mol. The molecular weight excluding hydrogens is 384 g/mol. The first-order chi connectivity index (χ1) is 14.6. The summed E-state index contributed by atoms with van der Waals surface area (Å²) in [5.41, 5.74) is 1.89. The highest BCUT2D eigenvalue weighted by Crippen LogP contribution is 2.49. The van der Waals surface area contributed by atoms with Gasteiger partial charge in [0.05, 0.1) is 40.0 Å². The Morgan fingerprint density at radius 2 is 1.83 bits per heavy atom. The zero-order valence-corrected chi connectivity index (χ0v) is 18.8. The third-order valence-electron chi connectivity index (χ3n) is 5.97. The summed E-state index contributed by atoms with van der Waals surface area (Å²) in [5.74, 6) is 1.75. The Morgan fingerprint density at radius 3 is 2.47 bits per heavy atom. The van der Waals surface area contributed by atoms with Crippen LogP contribution in [0.2, 0.25) is 0 Å². The molecule has 1 fully saturated rings. The Balaban J connectivity index is 2.17. The van der Waals surface area contributed by atoms with Crippen molar-refractivity contribution < 1.29 is 23.7 Å². The van der Waals surface area contributed by atoms with Crippen LogP contribution in [0.4, 0.5) is 0 Å². The lowest BCUT2D eigenvalue weighted by molar-refractivity contribution is -0.155. The molecule has 0 unspecified atom stereocenters. The molecule has 2 heterocycles. The van der Waals surface area contributed by atoms with Gasteiger partial charge in [0.25, 0.3) is 5.91 Å². The zero-order valence-electron chi connectivity index (χ0n) is 18.8. The summed E-state index contributed by atoms with van der Waals surface area (Å²) < 4.78 is 22.5. The molecule has 1 saturated heterocycles. The van der Waals surface area contributed by atoms with Crippen LogP contribution in [-0.4, -0.2) is 63.6 Å². The van der Waals surface area contributed by atoms with Crippen molar-refractivity contribution >= 4 is 12.0 Å². The molecule has 0 saturated carbocycles. The van der Waals surface area contributed by atoms with Crippen LogP contribution >= 0.6 is 0 Å². The molecule has 1 amide bonds. The number of methoxy groups -OCH3 is 4.